The van der Waals surface area contributed by atoms with E-state index in [-0.39, 0.29) is 12.4 Å². The fourth-order valence-electron chi connectivity index (χ4n) is 2.30. The lowest BCUT2D eigenvalue weighted by molar-refractivity contribution is 0.284. The molecule has 2 aromatic rings. The molecule has 0 aliphatic heterocycles. The second kappa shape index (κ2) is 7.56. The van der Waals surface area contributed by atoms with Crippen molar-refractivity contribution in [3.63, 3.8) is 0 Å². The van der Waals surface area contributed by atoms with Gasteiger partial charge in [0, 0.05) is 6.61 Å². The quantitative estimate of drug-likeness (QED) is 0.794. The number of sulfone groups is 1. The van der Waals surface area contributed by atoms with Gasteiger partial charge in [0.2, 0.25) is 0 Å². The van der Waals surface area contributed by atoms with Gasteiger partial charge >= 0.3 is 0 Å². The first-order valence-corrected chi connectivity index (χ1v) is 9.19. The maximum atomic E-state index is 12.2. The lowest BCUT2D eigenvalue weighted by Crippen LogP contribution is -2.07. The first kappa shape index (κ1) is 16.7. The van der Waals surface area contributed by atoms with Gasteiger partial charge in [-0.3, -0.25) is 0 Å². The van der Waals surface area contributed by atoms with Crippen LogP contribution in [0.5, 0.6) is 0 Å². The van der Waals surface area contributed by atoms with E-state index in [1.54, 1.807) is 12.1 Å². The molecule has 22 heavy (non-hydrogen) atoms. The van der Waals surface area contributed by atoms with E-state index in [9.17, 15) is 8.42 Å². The highest BCUT2D eigenvalue weighted by molar-refractivity contribution is 7.91. The van der Waals surface area contributed by atoms with Gasteiger partial charge in [-0.2, -0.15) is 0 Å². The number of rotatable bonds is 7. The van der Waals surface area contributed by atoms with Gasteiger partial charge in [-0.05, 0) is 43.0 Å². The van der Waals surface area contributed by atoms with Crippen molar-refractivity contribution in [1.29, 1.82) is 0 Å². The molecule has 0 aliphatic carbocycles. The summed E-state index contributed by atoms with van der Waals surface area (Å²) in [5, 5.41) is 8.72. The molecule has 3 nitrogen and oxygen atoms in total. The van der Waals surface area contributed by atoms with Crippen molar-refractivity contribution in [3.8, 4) is 11.1 Å². The topological polar surface area (TPSA) is 54.4 Å². The van der Waals surface area contributed by atoms with Gasteiger partial charge in [0.15, 0.2) is 9.84 Å². The Morgan fingerprint density at radius 2 is 1.36 bits per heavy atom. The maximum absolute atomic E-state index is 12.2. The summed E-state index contributed by atoms with van der Waals surface area (Å²) in [5.74, 6) is 0.136. The Morgan fingerprint density at radius 3 is 1.91 bits per heavy atom. The largest absolute Gasteiger partial charge is 0.396 e. The number of aliphatic hydroxyl groups excluding tert-OH is 1. The Balaban J connectivity index is 2.09. The predicted octanol–water partition coefficient (Wildman–Crippen LogP) is 3.60. The smallest absolute Gasteiger partial charge is 0.178 e. The number of unbranched alkanes of at least 4 members (excludes halogenated alkanes) is 2. The Hall–Kier alpha value is -1.65. The molecule has 0 fully saturated rings. The van der Waals surface area contributed by atoms with Crippen molar-refractivity contribution in [2.75, 3.05) is 12.4 Å². The van der Waals surface area contributed by atoms with Gasteiger partial charge in [0.05, 0.1) is 10.6 Å². The summed E-state index contributed by atoms with van der Waals surface area (Å²) in [5.41, 5.74) is 3.29. The van der Waals surface area contributed by atoms with Crippen LogP contribution in [0.1, 0.15) is 24.8 Å². The highest BCUT2D eigenvalue weighted by Crippen LogP contribution is 2.22. The molecule has 0 aliphatic rings. The average Bonchev–Trinajstić information content (AvgIpc) is 2.52. The number of aliphatic hydroxyl groups is 1. The molecule has 0 saturated heterocycles. The van der Waals surface area contributed by atoms with Crippen LogP contribution in [0.3, 0.4) is 0 Å². The third-order valence-corrected chi connectivity index (χ3v) is 5.49. The van der Waals surface area contributed by atoms with Crippen LogP contribution in [0.15, 0.2) is 53.4 Å². The van der Waals surface area contributed by atoms with E-state index in [1.165, 1.54) is 5.56 Å². The van der Waals surface area contributed by atoms with Crippen LogP contribution in [-0.2, 0) is 9.84 Å². The van der Waals surface area contributed by atoms with Crippen LogP contribution in [0.4, 0.5) is 0 Å². The second-order valence-electron chi connectivity index (χ2n) is 5.49. The fourth-order valence-corrected chi connectivity index (χ4v) is 3.67. The summed E-state index contributed by atoms with van der Waals surface area (Å²) >= 11 is 0. The Labute approximate surface area is 132 Å². The van der Waals surface area contributed by atoms with Crippen molar-refractivity contribution in [1.82, 2.24) is 0 Å². The average molecular weight is 318 g/mol. The van der Waals surface area contributed by atoms with Crippen LogP contribution in [0, 0.1) is 6.92 Å². The van der Waals surface area contributed by atoms with Crippen LogP contribution < -0.4 is 0 Å². The Morgan fingerprint density at radius 1 is 0.818 bits per heavy atom. The molecule has 1 N–H and O–H groups in total. The van der Waals surface area contributed by atoms with Crippen molar-refractivity contribution >= 4 is 9.84 Å². The standard InChI is InChI=1S/C18H22O3S/c1-15-5-7-16(8-6-15)17-9-11-18(12-10-17)22(20,21)14-4-2-3-13-19/h5-12,19H,2-4,13-14H2,1H3. The zero-order chi connectivity index (χ0) is 16.0. The molecular formula is C18H22O3S. The summed E-state index contributed by atoms with van der Waals surface area (Å²) in [4.78, 5) is 0.368. The van der Waals surface area contributed by atoms with Crippen molar-refractivity contribution < 1.29 is 13.5 Å². The Kier molecular flexibility index (Phi) is 5.75. The van der Waals surface area contributed by atoms with Crippen molar-refractivity contribution in [2.24, 2.45) is 0 Å². The third-order valence-electron chi connectivity index (χ3n) is 3.67. The number of benzene rings is 2. The maximum Gasteiger partial charge on any atom is 0.178 e. The van der Waals surface area contributed by atoms with E-state index >= 15 is 0 Å². The molecule has 0 unspecified atom stereocenters. The summed E-state index contributed by atoms with van der Waals surface area (Å²) in [6.45, 7) is 2.15. The van der Waals surface area contributed by atoms with Crippen LogP contribution in [0.25, 0.3) is 11.1 Å². The van der Waals surface area contributed by atoms with E-state index in [0.717, 1.165) is 17.5 Å². The first-order valence-electron chi connectivity index (χ1n) is 7.54. The normalized spacial score (nSPS) is 11.5. The highest BCUT2D eigenvalue weighted by Gasteiger charge is 2.13. The van der Waals surface area contributed by atoms with Crippen molar-refractivity contribution in [3.05, 3.63) is 54.1 Å². The molecule has 0 bridgehead atoms. The second-order valence-corrected chi connectivity index (χ2v) is 7.60. The van der Waals surface area contributed by atoms with Gasteiger partial charge in [-0.1, -0.05) is 48.4 Å². The van der Waals surface area contributed by atoms with E-state index < -0.39 is 9.84 Å². The van der Waals surface area contributed by atoms with Gasteiger partial charge in [-0.15, -0.1) is 0 Å². The summed E-state index contributed by atoms with van der Waals surface area (Å²) in [6.07, 6.45) is 1.97. The summed E-state index contributed by atoms with van der Waals surface area (Å²) < 4.78 is 24.5. The molecule has 0 atom stereocenters. The molecule has 0 spiro atoms. The molecule has 0 aromatic heterocycles. The fraction of sp³-hybridized carbons (Fsp3) is 0.333. The number of hydrogen-bond acceptors (Lipinski definition) is 3. The van der Waals surface area contributed by atoms with Crippen LogP contribution in [0.2, 0.25) is 0 Å². The lowest BCUT2D eigenvalue weighted by Gasteiger charge is -2.06. The molecule has 2 aromatic carbocycles. The monoisotopic (exact) mass is 318 g/mol. The molecule has 0 radical (unpaired) electrons. The molecule has 0 amide bonds. The van der Waals surface area contributed by atoms with E-state index in [4.69, 9.17) is 5.11 Å². The van der Waals surface area contributed by atoms with Gasteiger partial charge < -0.3 is 5.11 Å². The van der Waals surface area contributed by atoms with Crippen molar-refractivity contribution in [2.45, 2.75) is 31.1 Å². The molecule has 0 saturated carbocycles. The zero-order valence-corrected chi connectivity index (χ0v) is 13.6. The lowest BCUT2D eigenvalue weighted by atomic mass is 10.0. The molecule has 4 heteroatoms. The predicted molar refractivity (Wildman–Crippen MR) is 89.6 cm³/mol. The van der Waals surface area contributed by atoms with E-state index in [1.807, 2.05) is 43.3 Å². The minimum absolute atomic E-state index is 0.116. The molecule has 0 heterocycles. The SMILES string of the molecule is Cc1ccc(-c2ccc(S(=O)(=O)CCCCCO)cc2)cc1. The summed E-state index contributed by atoms with van der Waals surface area (Å²) in [6, 6.07) is 15.2. The minimum Gasteiger partial charge on any atom is -0.396 e. The number of hydrogen-bond donors (Lipinski definition) is 1. The summed E-state index contributed by atoms with van der Waals surface area (Å²) in [7, 11) is -3.23. The molecular weight excluding hydrogens is 296 g/mol. The van der Waals surface area contributed by atoms with Crippen LogP contribution >= 0.6 is 0 Å². The van der Waals surface area contributed by atoms with Gasteiger partial charge in [-0.25, -0.2) is 8.42 Å². The molecule has 118 valence electrons. The van der Waals surface area contributed by atoms with Gasteiger partial charge in [0.25, 0.3) is 0 Å². The van der Waals surface area contributed by atoms with E-state index in [0.29, 0.717) is 17.7 Å². The number of aryl methyl sites for hydroxylation is 1. The minimum atomic E-state index is -3.23. The van der Waals surface area contributed by atoms with Gasteiger partial charge in [0.1, 0.15) is 0 Å². The Bertz CT molecular complexity index is 686. The highest BCUT2D eigenvalue weighted by atomic mass is 32.2. The van der Waals surface area contributed by atoms with Crippen LogP contribution in [-0.4, -0.2) is 25.9 Å². The van der Waals surface area contributed by atoms with E-state index in [2.05, 4.69) is 0 Å². The first-order chi connectivity index (χ1) is 10.5. The molecule has 2 rings (SSSR count). The zero-order valence-electron chi connectivity index (χ0n) is 12.8. The third kappa shape index (κ3) is 4.42.